The van der Waals surface area contributed by atoms with Gasteiger partial charge < -0.3 is 5.32 Å². The Bertz CT molecular complexity index is 499. The highest BCUT2D eigenvalue weighted by atomic mass is 16.2. The van der Waals surface area contributed by atoms with Gasteiger partial charge in [0.1, 0.15) is 6.04 Å². The Morgan fingerprint density at radius 3 is 2.75 bits per heavy atom. The number of amides is 2. The van der Waals surface area contributed by atoms with Crippen LogP contribution in [-0.4, -0.2) is 24.4 Å². The third-order valence-electron chi connectivity index (χ3n) is 3.71. The molecule has 1 N–H and O–H groups in total. The van der Waals surface area contributed by atoms with Crippen LogP contribution in [0.25, 0.3) is 0 Å². The molecule has 0 bridgehead atoms. The SMILES string of the molecule is CCNC(=O)C(CC)N1C(=O)CCCc2ccccc21. The van der Waals surface area contributed by atoms with E-state index < -0.39 is 6.04 Å². The minimum Gasteiger partial charge on any atom is -0.355 e. The molecule has 1 aliphatic rings. The van der Waals surface area contributed by atoms with Crippen LogP contribution in [0.15, 0.2) is 24.3 Å². The Kier molecular flexibility index (Phi) is 4.77. The van der Waals surface area contributed by atoms with Gasteiger partial charge in [-0.05, 0) is 37.8 Å². The molecule has 1 aliphatic heterocycles. The number of carbonyl (C=O) groups is 2. The first-order chi connectivity index (χ1) is 9.69. The molecule has 1 heterocycles. The molecule has 0 spiro atoms. The molecule has 0 fully saturated rings. The molecule has 0 radical (unpaired) electrons. The smallest absolute Gasteiger partial charge is 0.243 e. The lowest BCUT2D eigenvalue weighted by molar-refractivity contribution is -0.126. The molecule has 1 aromatic carbocycles. The number of nitrogens with zero attached hydrogens (tertiary/aromatic N) is 1. The van der Waals surface area contributed by atoms with Crippen LogP contribution in [0.5, 0.6) is 0 Å². The molecule has 2 amide bonds. The van der Waals surface area contributed by atoms with Gasteiger partial charge in [0.15, 0.2) is 0 Å². The molecule has 1 unspecified atom stereocenters. The highest BCUT2D eigenvalue weighted by Gasteiger charge is 2.31. The van der Waals surface area contributed by atoms with Crippen molar-refractivity contribution in [3.63, 3.8) is 0 Å². The van der Waals surface area contributed by atoms with Crippen LogP contribution < -0.4 is 10.2 Å². The first-order valence-electron chi connectivity index (χ1n) is 7.36. The van der Waals surface area contributed by atoms with Crippen molar-refractivity contribution in [2.75, 3.05) is 11.4 Å². The molecular formula is C16H22N2O2. The zero-order chi connectivity index (χ0) is 14.5. The van der Waals surface area contributed by atoms with Crippen molar-refractivity contribution in [3.05, 3.63) is 29.8 Å². The zero-order valence-corrected chi connectivity index (χ0v) is 12.2. The van der Waals surface area contributed by atoms with E-state index in [0.29, 0.717) is 19.4 Å². The summed E-state index contributed by atoms with van der Waals surface area (Å²) >= 11 is 0. The van der Waals surface area contributed by atoms with Crippen molar-refractivity contribution in [1.82, 2.24) is 5.32 Å². The summed E-state index contributed by atoms with van der Waals surface area (Å²) in [5.41, 5.74) is 2.05. The van der Waals surface area contributed by atoms with Gasteiger partial charge >= 0.3 is 0 Å². The van der Waals surface area contributed by atoms with Crippen LogP contribution in [0.1, 0.15) is 38.7 Å². The van der Waals surface area contributed by atoms with Gasteiger partial charge in [-0.1, -0.05) is 25.1 Å². The number of fused-ring (bicyclic) bond motifs is 1. The number of carbonyl (C=O) groups excluding carboxylic acids is 2. The summed E-state index contributed by atoms with van der Waals surface area (Å²) in [5, 5.41) is 2.83. The molecule has 0 aromatic heterocycles. The predicted molar refractivity (Wildman–Crippen MR) is 79.6 cm³/mol. The third kappa shape index (κ3) is 2.84. The maximum Gasteiger partial charge on any atom is 0.243 e. The van der Waals surface area contributed by atoms with Gasteiger partial charge in [0.05, 0.1) is 0 Å². The number of likely N-dealkylation sites (N-methyl/N-ethyl adjacent to an activating group) is 1. The monoisotopic (exact) mass is 274 g/mol. The van der Waals surface area contributed by atoms with Gasteiger partial charge in [0, 0.05) is 18.7 Å². The number of para-hydroxylation sites is 1. The maximum absolute atomic E-state index is 12.4. The molecule has 0 saturated heterocycles. The summed E-state index contributed by atoms with van der Waals surface area (Å²) in [6.45, 7) is 4.42. The fourth-order valence-corrected chi connectivity index (χ4v) is 2.76. The third-order valence-corrected chi connectivity index (χ3v) is 3.71. The number of rotatable bonds is 4. The topological polar surface area (TPSA) is 49.4 Å². The van der Waals surface area contributed by atoms with E-state index in [1.807, 2.05) is 38.1 Å². The highest BCUT2D eigenvalue weighted by molar-refractivity contribution is 6.01. The molecule has 1 atom stereocenters. The molecule has 0 saturated carbocycles. The van der Waals surface area contributed by atoms with Gasteiger partial charge in [0.2, 0.25) is 11.8 Å². The number of anilines is 1. The molecule has 1 aromatic rings. The summed E-state index contributed by atoms with van der Waals surface area (Å²) in [5.74, 6) is -0.0203. The van der Waals surface area contributed by atoms with E-state index in [-0.39, 0.29) is 11.8 Å². The number of hydrogen-bond donors (Lipinski definition) is 1. The van der Waals surface area contributed by atoms with E-state index in [2.05, 4.69) is 5.32 Å². The van der Waals surface area contributed by atoms with Crippen LogP contribution in [0.2, 0.25) is 0 Å². The minimum atomic E-state index is -0.415. The largest absolute Gasteiger partial charge is 0.355 e. The first kappa shape index (κ1) is 14.6. The Morgan fingerprint density at radius 2 is 2.05 bits per heavy atom. The second kappa shape index (κ2) is 6.55. The number of benzene rings is 1. The molecule has 4 nitrogen and oxygen atoms in total. The lowest BCUT2D eigenvalue weighted by Gasteiger charge is -2.30. The quantitative estimate of drug-likeness (QED) is 0.915. The van der Waals surface area contributed by atoms with E-state index in [9.17, 15) is 9.59 Å². The van der Waals surface area contributed by atoms with Gasteiger partial charge in [-0.25, -0.2) is 0 Å². The van der Waals surface area contributed by atoms with Crippen LogP contribution in [-0.2, 0) is 16.0 Å². The summed E-state index contributed by atoms with van der Waals surface area (Å²) < 4.78 is 0. The minimum absolute atomic E-state index is 0.0491. The van der Waals surface area contributed by atoms with Crippen molar-refractivity contribution in [1.29, 1.82) is 0 Å². The van der Waals surface area contributed by atoms with Crippen LogP contribution in [0.4, 0.5) is 5.69 Å². The summed E-state index contributed by atoms with van der Waals surface area (Å²) in [4.78, 5) is 26.4. The second-order valence-corrected chi connectivity index (χ2v) is 5.06. The fraction of sp³-hybridized carbons (Fsp3) is 0.500. The zero-order valence-electron chi connectivity index (χ0n) is 12.2. The molecule has 4 heteroatoms. The highest BCUT2D eigenvalue weighted by Crippen LogP contribution is 2.29. The van der Waals surface area contributed by atoms with Crippen LogP contribution in [0, 0.1) is 0 Å². The van der Waals surface area contributed by atoms with E-state index in [1.165, 1.54) is 0 Å². The Hall–Kier alpha value is -1.84. The first-order valence-corrected chi connectivity index (χ1v) is 7.36. The number of aryl methyl sites for hydroxylation is 1. The fourth-order valence-electron chi connectivity index (χ4n) is 2.76. The summed E-state index contributed by atoms with van der Waals surface area (Å²) in [6.07, 6.45) is 2.86. The van der Waals surface area contributed by atoms with Crippen LogP contribution >= 0.6 is 0 Å². The molecule has 0 aliphatic carbocycles. The Balaban J connectivity index is 2.40. The van der Waals surface area contributed by atoms with E-state index >= 15 is 0 Å². The standard InChI is InChI=1S/C16H22N2O2/c1-3-13(16(20)17-4-2)18-14-10-6-5-8-12(14)9-7-11-15(18)19/h5-6,8,10,13H,3-4,7,9,11H2,1-2H3,(H,17,20). The average Bonchev–Trinajstić information content (AvgIpc) is 2.60. The lowest BCUT2D eigenvalue weighted by Crippen LogP contribution is -2.49. The molecule has 2 rings (SSSR count). The number of nitrogens with one attached hydrogen (secondary N) is 1. The normalized spacial score (nSPS) is 16.3. The maximum atomic E-state index is 12.4. The predicted octanol–water partition coefficient (Wildman–Crippen LogP) is 2.27. The summed E-state index contributed by atoms with van der Waals surface area (Å²) in [7, 11) is 0. The van der Waals surface area contributed by atoms with Gasteiger partial charge in [0.25, 0.3) is 0 Å². The van der Waals surface area contributed by atoms with Crippen molar-refractivity contribution < 1.29 is 9.59 Å². The van der Waals surface area contributed by atoms with Crippen molar-refractivity contribution in [2.24, 2.45) is 0 Å². The second-order valence-electron chi connectivity index (χ2n) is 5.06. The summed E-state index contributed by atoms with van der Waals surface area (Å²) in [6, 6.07) is 7.49. The van der Waals surface area contributed by atoms with E-state index in [4.69, 9.17) is 0 Å². The molecule has 108 valence electrons. The number of hydrogen-bond acceptors (Lipinski definition) is 2. The van der Waals surface area contributed by atoms with E-state index in [0.717, 1.165) is 24.1 Å². The van der Waals surface area contributed by atoms with Gasteiger partial charge in [-0.3, -0.25) is 14.5 Å². The Labute approximate surface area is 120 Å². The van der Waals surface area contributed by atoms with E-state index in [1.54, 1.807) is 4.90 Å². The average molecular weight is 274 g/mol. The molecular weight excluding hydrogens is 252 g/mol. The van der Waals surface area contributed by atoms with Crippen LogP contribution in [0.3, 0.4) is 0 Å². The van der Waals surface area contributed by atoms with Crippen molar-refractivity contribution in [2.45, 2.75) is 45.6 Å². The lowest BCUT2D eigenvalue weighted by atomic mass is 10.1. The van der Waals surface area contributed by atoms with Gasteiger partial charge in [-0.2, -0.15) is 0 Å². The Morgan fingerprint density at radius 1 is 1.30 bits per heavy atom. The van der Waals surface area contributed by atoms with Crippen molar-refractivity contribution >= 4 is 17.5 Å². The van der Waals surface area contributed by atoms with Gasteiger partial charge in [-0.15, -0.1) is 0 Å². The van der Waals surface area contributed by atoms with Crippen molar-refractivity contribution in [3.8, 4) is 0 Å². The molecule has 20 heavy (non-hydrogen) atoms.